The molecule has 5 heteroatoms. The Kier molecular flexibility index (Phi) is 4.07. The molecule has 3 aromatic rings. The number of amides is 1. The summed E-state index contributed by atoms with van der Waals surface area (Å²) in [4.78, 5) is 12.1. The van der Waals surface area contributed by atoms with Crippen molar-refractivity contribution in [1.29, 1.82) is 0 Å². The molecule has 0 aliphatic heterocycles. The van der Waals surface area contributed by atoms with Crippen molar-refractivity contribution in [2.45, 2.75) is 0 Å². The summed E-state index contributed by atoms with van der Waals surface area (Å²) in [7, 11) is 0. The van der Waals surface area contributed by atoms with E-state index in [9.17, 15) is 15.0 Å². The third-order valence-electron chi connectivity index (χ3n) is 3.70. The third kappa shape index (κ3) is 2.87. The van der Waals surface area contributed by atoms with E-state index >= 15 is 0 Å². The zero-order valence-electron chi connectivity index (χ0n) is 12.8. The monoisotopic (exact) mass is 320 g/mol. The van der Waals surface area contributed by atoms with E-state index < -0.39 is 5.91 Å². The third-order valence-corrected chi connectivity index (χ3v) is 3.70. The average Bonchev–Trinajstić information content (AvgIpc) is 2.60. The maximum Gasteiger partial charge on any atom is 0.273 e. The Bertz CT molecular complexity index is 935. The summed E-state index contributed by atoms with van der Waals surface area (Å²) < 4.78 is 0. The van der Waals surface area contributed by atoms with Gasteiger partial charge in [0.2, 0.25) is 0 Å². The lowest BCUT2D eigenvalue weighted by molar-refractivity contribution is 0.0939. The number of hydrogen-bond donors (Lipinski definition) is 4. The predicted octanol–water partition coefficient (Wildman–Crippen LogP) is 3.16. The number of carbonyl (C=O) groups excluding carboxylic acids is 1. The Hall–Kier alpha value is -3.47. The Balaban J connectivity index is 1.77. The molecular weight excluding hydrogens is 304 g/mol. The number of carbonyl (C=O) groups is 1. The first-order chi connectivity index (χ1) is 11.6. The first kappa shape index (κ1) is 15.4. The lowest BCUT2D eigenvalue weighted by Crippen LogP contribution is -2.35. The van der Waals surface area contributed by atoms with Gasteiger partial charge >= 0.3 is 0 Å². The van der Waals surface area contributed by atoms with Crippen LogP contribution in [0, 0.1) is 0 Å². The van der Waals surface area contributed by atoms with Crippen LogP contribution in [-0.2, 0) is 0 Å². The minimum atomic E-state index is -0.505. The second kappa shape index (κ2) is 6.34. The molecule has 0 radical (unpaired) electrons. The van der Waals surface area contributed by atoms with Crippen molar-refractivity contribution in [3.05, 3.63) is 78.4 Å². The fraction of sp³-hybridized carbons (Fsp3) is 0. The fourth-order valence-electron chi connectivity index (χ4n) is 2.43. The second-order valence-corrected chi connectivity index (χ2v) is 5.26. The van der Waals surface area contributed by atoms with Crippen molar-refractivity contribution in [2.24, 2.45) is 0 Å². The molecule has 0 aromatic heterocycles. The van der Waals surface area contributed by atoms with Gasteiger partial charge in [0.05, 0.1) is 11.3 Å². The van der Waals surface area contributed by atoms with Gasteiger partial charge in [0.25, 0.3) is 5.91 Å². The summed E-state index contributed by atoms with van der Waals surface area (Å²) in [5.74, 6) is -0.534. The molecule has 0 heterocycles. The topological polar surface area (TPSA) is 81.6 Å². The summed E-state index contributed by atoms with van der Waals surface area (Å²) in [6, 6.07) is 17.2. The van der Waals surface area contributed by atoms with Gasteiger partial charge in [0, 0.05) is 10.9 Å². The summed E-state index contributed by atoms with van der Waals surface area (Å²) in [6.45, 7) is 3.83. The summed E-state index contributed by atoms with van der Waals surface area (Å²) in [5, 5.41) is 21.7. The number of fused-ring (bicyclic) bond motifs is 1. The summed E-state index contributed by atoms with van der Waals surface area (Å²) >= 11 is 0. The van der Waals surface area contributed by atoms with Gasteiger partial charge in [-0.25, -0.2) is 0 Å². The van der Waals surface area contributed by atoms with E-state index in [1.807, 2.05) is 30.3 Å². The predicted molar refractivity (Wildman–Crippen MR) is 93.4 cm³/mol. The maximum atomic E-state index is 12.1. The number of phenolic OH excluding ortho intramolecular Hbond substituents is 2. The molecule has 24 heavy (non-hydrogen) atoms. The largest absolute Gasteiger partial charge is 0.507 e. The standard InChI is InChI=1S/C19H16N2O3/c1-12(20-21-19(24)16-8-4-5-9-17(16)22)14-11-10-13-6-2-3-7-15(13)18(14)23/h2-11,20,22-23H,1H2,(H,21,24). The van der Waals surface area contributed by atoms with Crippen LogP contribution >= 0.6 is 0 Å². The van der Waals surface area contributed by atoms with E-state index in [1.54, 1.807) is 18.2 Å². The molecule has 0 aliphatic carbocycles. The summed E-state index contributed by atoms with van der Waals surface area (Å²) in [6.07, 6.45) is 0. The van der Waals surface area contributed by atoms with E-state index in [0.717, 1.165) is 5.39 Å². The van der Waals surface area contributed by atoms with Crippen molar-refractivity contribution in [3.8, 4) is 11.5 Å². The number of phenols is 2. The zero-order chi connectivity index (χ0) is 17.1. The van der Waals surface area contributed by atoms with Crippen LogP contribution in [0.5, 0.6) is 11.5 Å². The average molecular weight is 320 g/mol. The summed E-state index contributed by atoms with van der Waals surface area (Å²) in [5.41, 5.74) is 6.07. The van der Waals surface area contributed by atoms with Crippen molar-refractivity contribution in [2.75, 3.05) is 0 Å². The van der Waals surface area contributed by atoms with Crippen LogP contribution in [0.4, 0.5) is 0 Å². The van der Waals surface area contributed by atoms with Gasteiger partial charge in [-0.15, -0.1) is 0 Å². The number of para-hydroxylation sites is 1. The van der Waals surface area contributed by atoms with Crippen LogP contribution in [0.25, 0.3) is 16.5 Å². The van der Waals surface area contributed by atoms with Crippen LogP contribution < -0.4 is 10.9 Å². The first-order valence-electron chi connectivity index (χ1n) is 7.32. The molecule has 0 spiro atoms. The minimum absolute atomic E-state index is 0.0856. The molecule has 3 aromatic carbocycles. The lowest BCUT2D eigenvalue weighted by atomic mass is 10.0. The Morgan fingerprint density at radius 1 is 0.833 bits per heavy atom. The van der Waals surface area contributed by atoms with Gasteiger partial charge in [0.15, 0.2) is 0 Å². The van der Waals surface area contributed by atoms with E-state index in [4.69, 9.17) is 0 Å². The molecule has 3 rings (SSSR count). The van der Waals surface area contributed by atoms with Crippen molar-refractivity contribution in [3.63, 3.8) is 0 Å². The molecule has 120 valence electrons. The fourth-order valence-corrected chi connectivity index (χ4v) is 2.43. The van der Waals surface area contributed by atoms with Crippen LogP contribution in [0.2, 0.25) is 0 Å². The van der Waals surface area contributed by atoms with E-state index in [-0.39, 0.29) is 17.1 Å². The molecule has 0 fully saturated rings. The highest BCUT2D eigenvalue weighted by atomic mass is 16.3. The number of aromatic hydroxyl groups is 2. The van der Waals surface area contributed by atoms with Gasteiger partial charge in [-0.3, -0.25) is 15.6 Å². The number of benzene rings is 3. The smallest absolute Gasteiger partial charge is 0.273 e. The normalized spacial score (nSPS) is 10.3. The Labute approximate surface area is 138 Å². The molecule has 0 aliphatic rings. The van der Waals surface area contributed by atoms with Gasteiger partial charge < -0.3 is 10.2 Å². The Morgan fingerprint density at radius 2 is 1.54 bits per heavy atom. The number of rotatable bonds is 4. The van der Waals surface area contributed by atoms with Gasteiger partial charge in [-0.2, -0.15) is 0 Å². The van der Waals surface area contributed by atoms with Gasteiger partial charge in [0.1, 0.15) is 11.5 Å². The SMILES string of the molecule is C=C(NNC(=O)c1ccccc1O)c1ccc2ccccc2c1O. The molecule has 5 nitrogen and oxygen atoms in total. The molecule has 0 atom stereocenters. The van der Waals surface area contributed by atoms with Crippen molar-refractivity contribution < 1.29 is 15.0 Å². The highest BCUT2D eigenvalue weighted by molar-refractivity contribution is 5.97. The first-order valence-corrected chi connectivity index (χ1v) is 7.32. The molecule has 0 saturated carbocycles. The number of nitrogens with one attached hydrogen (secondary N) is 2. The minimum Gasteiger partial charge on any atom is -0.507 e. The highest BCUT2D eigenvalue weighted by Gasteiger charge is 2.12. The van der Waals surface area contributed by atoms with E-state index in [1.165, 1.54) is 12.1 Å². The number of hydrazine groups is 1. The van der Waals surface area contributed by atoms with E-state index in [2.05, 4.69) is 17.4 Å². The molecule has 0 bridgehead atoms. The van der Waals surface area contributed by atoms with Crippen LogP contribution in [-0.4, -0.2) is 16.1 Å². The van der Waals surface area contributed by atoms with Crippen molar-refractivity contribution >= 4 is 22.4 Å². The van der Waals surface area contributed by atoms with Gasteiger partial charge in [-0.1, -0.05) is 49.0 Å². The molecule has 0 unspecified atom stereocenters. The quantitative estimate of drug-likeness (QED) is 0.557. The van der Waals surface area contributed by atoms with E-state index in [0.29, 0.717) is 16.6 Å². The lowest BCUT2D eigenvalue weighted by Gasteiger charge is -2.14. The zero-order valence-corrected chi connectivity index (χ0v) is 12.8. The number of hydrogen-bond acceptors (Lipinski definition) is 4. The maximum absolute atomic E-state index is 12.1. The molecule has 0 saturated heterocycles. The second-order valence-electron chi connectivity index (χ2n) is 5.26. The van der Waals surface area contributed by atoms with Crippen LogP contribution in [0.15, 0.2) is 67.2 Å². The van der Waals surface area contributed by atoms with Crippen molar-refractivity contribution in [1.82, 2.24) is 10.9 Å². The van der Waals surface area contributed by atoms with Crippen LogP contribution in [0.3, 0.4) is 0 Å². The Morgan fingerprint density at radius 3 is 2.33 bits per heavy atom. The molecular formula is C19H16N2O3. The molecule has 4 N–H and O–H groups in total. The van der Waals surface area contributed by atoms with Crippen LogP contribution in [0.1, 0.15) is 15.9 Å². The highest BCUT2D eigenvalue weighted by Crippen LogP contribution is 2.31. The van der Waals surface area contributed by atoms with Gasteiger partial charge in [-0.05, 0) is 23.6 Å². The molecule has 1 amide bonds.